The highest BCUT2D eigenvalue weighted by Gasteiger charge is 2.49. The Morgan fingerprint density at radius 2 is 1.56 bits per heavy atom. The zero-order valence-electron chi connectivity index (χ0n) is 22.0. The number of hydrogen-bond donors (Lipinski definition) is 1. The van der Waals surface area contributed by atoms with Crippen molar-refractivity contribution in [2.45, 2.75) is 38.8 Å². The topological polar surface area (TPSA) is 80.6 Å². The molecule has 3 aromatic carbocycles. The lowest BCUT2D eigenvalue weighted by Crippen LogP contribution is -2.61. The van der Waals surface area contributed by atoms with E-state index in [4.69, 9.17) is 19.4 Å². The first kappa shape index (κ1) is 28.4. The number of halogens is 2. The molecular formula is C30H32ClFN2O5. The Morgan fingerprint density at radius 1 is 0.974 bits per heavy atom. The van der Waals surface area contributed by atoms with Gasteiger partial charge in [0.25, 0.3) is 0 Å². The molecule has 0 bridgehead atoms. The first-order valence-electron chi connectivity index (χ1n) is 12.8. The first-order chi connectivity index (χ1) is 18.4. The number of benzene rings is 3. The molecule has 5 rings (SSSR count). The largest absolute Gasteiger partial charge is 0.493 e. The van der Waals surface area contributed by atoms with Crippen molar-refractivity contribution < 1.29 is 28.6 Å². The minimum Gasteiger partial charge on any atom is -0.493 e. The van der Waals surface area contributed by atoms with Crippen molar-refractivity contribution >= 4 is 24.1 Å². The van der Waals surface area contributed by atoms with E-state index in [-0.39, 0.29) is 30.2 Å². The van der Waals surface area contributed by atoms with Crippen LogP contribution in [0.3, 0.4) is 0 Å². The van der Waals surface area contributed by atoms with Gasteiger partial charge in [-0.15, -0.1) is 12.4 Å². The van der Waals surface area contributed by atoms with E-state index in [1.807, 2.05) is 50.2 Å². The van der Waals surface area contributed by atoms with Gasteiger partial charge in [0.1, 0.15) is 17.3 Å². The molecule has 0 amide bonds. The number of aliphatic carboxylic acids is 1. The molecular weight excluding hydrogens is 523 g/mol. The lowest BCUT2D eigenvalue weighted by atomic mass is 9.86. The van der Waals surface area contributed by atoms with Gasteiger partial charge >= 0.3 is 5.97 Å². The molecule has 1 N–H and O–H groups in total. The van der Waals surface area contributed by atoms with Gasteiger partial charge in [-0.3, -0.25) is 9.69 Å². The van der Waals surface area contributed by atoms with Gasteiger partial charge in [0.05, 0.1) is 30.9 Å². The Hall–Kier alpha value is -3.62. The lowest BCUT2D eigenvalue weighted by molar-refractivity contribution is -0.136. The average molecular weight is 555 g/mol. The molecule has 9 heteroatoms. The van der Waals surface area contributed by atoms with E-state index >= 15 is 0 Å². The summed E-state index contributed by atoms with van der Waals surface area (Å²) in [6, 6.07) is 17.9. The predicted octanol–water partition coefficient (Wildman–Crippen LogP) is 5.72. The molecule has 0 saturated carbocycles. The highest BCUT2D eigenvalue weighted by atomic mass is 35.5. The average Bonchev–Trinajstić information content (AvgIpc) is 3.31. The Morgan fingerprint density at radius 3 is 2.13 bits per heavy atom. The van der Waals surface area contributed by atoms with Gasteiger partial charge in [0.2, 0.25) is 0 Å². The molecule has 7 nitrogen and oxygen atoms in total. The molecule has 1 saturated heterocycles. The number of hydrogen-bond acceptors (Lipinski definition) is 6. The molecule has 0 aromatic heterocycles. The van der Waals surface area contributed by atoms with Gasteiger partial charge in [-0.25, -0.2) is 4.39 Å². The van der Waals surface area contributed by atoms with Crippen LogP contribution < -0.4 is 9.47 Å². The maximum Gasteiger partial charge on any atom is 0.307 e. The van der Waals surface area contributed by atoms with E-state index < -0.39 is 5.97 Å². The second-order valence-corrected chi connectivity index (χ2v) is 9.74. The minimum absolute atomic E-state index is 0. The van der Waals surface area contributed by atoms with Crippen LogP contribution in [-0.4, -0.2) is 53.6 Å². The van der Waals surface area contributed by atoms with Crippen LogP contribution in [0.4, 0.5) is 4.39 Å². The molecule has 0 aliphatic carbocycles. The zero-order chi connectivity index (χ0) is 26.7. The van der Waals surface area contributed by atoms with Gasteiger partial charge < -0.3 is 19.4 Å². The summed E-state index contributed by atoms with van der Waals surface area (Å²) in [7, 11) is 0. The van der Waals surface area contributed by atoms with E-state index in [0.29, 0.717) is 37.7 Å². The third-order valence-electron chi connectivity index (χ3n) is 6.77. The van der Waals surface area contributed by atoms with Crippen molar-refractivity contribution in [2.75, 3.05) is 26.3 Å². The Labute approximate surface area is 233 Å². The third kappa shape index (κ3) is 6.34. The number of likely N-dealkylation sites (tertiary alicyclic amines) is 1. The summed E-state index contributed by atoms with van der Waals surface area (Å²) >= 11 is 0. The summed E-state index contributed by atoms with van der Waals surface area (Å²) in [4.78, 5) is 19.1. The Kier molecular flexibility index (Phi) is 8.77. The highest BCUT2D eigenvalue weighted by molar-refractivity contribution is 6.01. The number of rotatable bonds is 10. The second kappa shape index (κ2) is 12.1. The summed E-state index contributed by atoms with van der Waals surface area (Å²) in [6.45, 7) is 7.07. The van der Waals surface area contributed by atoms with Crippen LogP contribution in [0.15, 0.2) is 65.8 Å². The van der Waals surface area contributed by atoms with Crippen molar-refractivity contribution in [3.8, 4) is 22.6 Å². The zero-order valence-corrected chi connectivity index (χ0v) is 22.8. The smallest absolute Gasteiger partial charge is 0.307 e. The fraction of sp³-hybridized carbons (Fsp3) is 0.333. The number of carbonyl (C=O) groups is 1. The van der Waals surface area contributed by atoms with E-state index in [2.05, 4.69) is 10.1 Å². The molecule has 2 aliphatic heterocycles. The number of nitrogens with zero attached hydrogens (tertiary/aromatic N) is 2. The van der Waals surface area contributed by atoms with Crippen LogP contribution >= 0.6 is 12.4 Å². The summed E-state index contributed by atoms with van der Waals surface area (Å²) in [5.74, 6) is 0.290. The van der Waals surface area contributed by atoms with E-state index in [1.54, 1.807) is 12.1 Å². The fourth-order valence-corrected chi connectivity index (χ4v) is 5.15. The van der Waals surface area contributed by atoms with Crippen molar-refractivity contribution in [1.82, 2.24) is 4.90 Å². The van der Waals surface area contributed by atoms with Crippen LogP contribution in [-0.2, 0) is 22.6 Å². The molecule has 1 fully saturated rings. The van der Waals surface area contributed by atoms with Crippen LogP contribution in [0.5, 0.6) is 11.5 Å². The van der Waals surface area contributed by atoms with Crippen LogP contribution in [0.25, 0.3) is 11.1 Å². The number of oxime groups is 1. The maximum absolute atomic E-state index is 13.6. The number of carboxylic acids is 1. The monoisotopic (exact) mass is 554 g/mol. The number of carboxylic acid groups (broad SMARTS) is 1. The molecule has 2 heterocycles. The van der Waals surface area contributed by atoms with E-state index in [9.17, 15) is 9.18 Å². The summed E-state index contributed by atoms with van der Waals surface area (Å²) in [5, 5.41) is 13.3. The molecule has 206 valence electrons. The SMILES string of the molecule is CCOc1cc(CN2CC3(CC(c4ccc(CC(=O)O)cc4)=NO3)C2)cc(OCC)c1-c1ccc(F)cc1.Cl. The molecule has 0 unspecified atom stereocenters. The Balaban J connectivity index is 0.00000353. The minimum atomic E-state index is -0.848. The van der Waals surface area contributed by atoms with Gasteiger partial charge in [-0.2, -0.15) is 0 Å². The molecule has 3 aromatic rings. The van der Waals surface area contributed by atoms with Crippen LogP contribution in [0.1, 0.15) is 37.0 Å². The van der Waals surface area contributed by atoms with Gasteiger partial charge in [0, 0.05) is 26.1 Å². The van der Waals surface area contributed by atoms with Crippen molar-refractivity contribution in [1.29, 1.82) is 0 Å². The molecule has 0 radical (unpaired) electrons. The van der Waals surface area contributed by atoms with Crippen molar-refractivity contribution in [2.24, 2.45) is 5.16 Å². The summed E-state index contributed by atoms with van der Waals surface area (Å²) in [6.07, 6.45) is 0.711. The molecule has 39 heavy (non-hydrogen) atoms. The second-order valence-electron chi connectivity index (χ2n) is 9.74. The quantitative estimate of drug-likeness (QED) is 0.345. The van der Waals surface area contributed by atoms with E-state index in [0.717, 1.165) is 46.6 Å². The molecule has 0 atom stereocenters. The third-order valence-corrected chi connectivity index (χ3v) is 6.77. The van der Waals surface area contributed by atoms with Crippen molar-refractivity contribution in [3.05, 3.63) is 83.2 Å². The van der Waals surface area contributed by atoms with E-state index in [1.165, 1.54) is 12.1 Å². The normalized spacial score (nSPS) is 15.6. The summed E-state index contributed by atoms with van der Waals surface area (Å²) in [5.41, 5.74) is 4.98. The van der Waals surface area contributed by atoms with Gasteiger partial charge in [-0.1, -0.05) is 41.6 Å². The highest BCUT2D eigenvalue weighted by Crippen LogP contribution is 2.42. The standard InChI is InChI=1S/C30H31FN2O5.ClH/c1-3-36-26-13-21(14-27(37-4-2)29(26)23-9-11-24(31)12-10-23)17-33-18-30(19-33)16-25(32-38-30)22-7-5-20(6-8-22)15-28(34)35;/h5-14H,3-4,15-19H2,1-2H3,(H,34,35);1H. The fourth-order valence-electron chi connectivity index (χ4n) is 5.15. The van der Waals surface area contributed by atoms with Crippen LogP contribution in [0.2, 0.25) is 0 Å². The van der Waals surface area contributed by atoms with Crippen LogP contribution in [0, 0.1) is 5.82 Å². The lowest BCUT2D eigenvalue weighted by Gasteiger charge is -2.45. The maximum atomic E-state index is 13.6. The Bertz CT molecular complexity index is 1310. The molecule has 2 aliphatic rings. The number of ether oxygens (including phenoxy) is 2. The van der Waals surface area contributed by atoms with Gasteiger partial charge in [0.15, 0.2) is 5.60 Å². The predicted molar refractivity (Wildman–Crippen MR) is 149 cm³/mol. The summed E-state index contributed by atoms with van der Waals surface area (Å²) < 4.78 is 25.6. The first-order valence-corrected chi connectivity index (χ1v) is 12.8. The van der Waals surface area contributed by atoms with Gasteiger partial charge in [-0.05, 0) is 60.4 Å². The van der Waals surface area contributed by atoms with Crippen molar-refractivity contribution in [3.63, 3.8) is 0 Å². The molecule has 1 spiro atoms.